The summed E-state index contributed by atoms with van der Waals surface area (Å²) in [6, 6.07) is 1.98. The molecule has 4 rings (SSSR count). The summed E-state index contributed by atoms with van der Waals surface area (Å²) in [5.41, 5.74) is 7.15. The maximum absolute atomic E-state index is 11.8. The second kappa shape index (κ2) is 7.04. The van der Waals surface area contributed by atoms with E-state index in [9.17, 15) is 4.79 Å². The fourth-order valence-corrected chi connectivity index (χ4v) is 3.24. The Balaban J connectivity index is 1.54. The van der Waals surface area contributed by atoms with Gasteiger partial charge in [-0.3, -0.25) is 9.78 Å². The molecule has 1 fully saturated rings. The molecule has 9 heteroatoms. The van der Waals surface area contributed by atoms with Crippen molar-refractivity contribution in [1.82, 2.24) is 29.5 Å². The topological polar surface area (TPSA) is 114 Å². The highest BCUT2D eigenvalue weighted by atomic mass is 16.2. The van der Waals surface area contributed by atoms with Crippen LogP contribution in [0, 0.1) is 0 Å². The molecule has 134 valence electrons. The molecule has 1 aliphatic rings. The van der Waals surface area contributed by atoms with E-state index >= 15 is 0 Å². The molecule has 3 aromatic rings. The molecular weight excluding hydrogens is 332 g/mol. The lowest BCUT2D eigenvalue weighted by Gasteiger charge is -2.33. The van der Waals surface area contributed by atoms with Gasteiger partial charge in [-0.05, 0) is 18.9 Å². The van der Waals surface area contributed by atoms with E-state index in [1.54, 1.807) is 40.4 Å². The number of amides is 1. The molecule has 9 nitrogen and oxygen atoms in total. The van der Waals surface area contributed by atoms with Gasteiger partial charge in [0.1, 0.15) is 5.82 Å². The highest BCUT2D eigenvalue weighted by molar-refractivity contribution is 5.78. The van der Waals surface area contributed by atoms with Crippen molar-refractivity contribution in [3.05, 3.63) is 37.1 Å². The Morgan fingerprint density at radius 1 is 1.35 bits per heavy atom. The van der Waals surface area contributed by atoms with Crippen molar-refractivity contribution in [1.29, 1.82) is 0 Å². The van der Waals surface area contributed by atoms with Gasteiger partial charge in [-0.15, -0.1) is 0 Å². The summed E-state index contributed by atoms with van der Waals surface area (Å²) in [6.45, 7) is 1.45. The molecule has 1 saturated heterocycles. The Hall–Kier alpha value is -3.07. The predicted octanol–water partition coefficient (Wildman–Crippen LogP) is 0.548. The lowest BCUT2D eigenvalue weighted by atomic mass is 10.1. The van der Waals surface area contributed by atoms with Crippen LogP contribution in [0.15, 0.2) is 37.1 Å². The van der Waals surface area contributed by atoms with E-state index in [-0.39, 0.29) is 18.5 Å². The SMILES string of the molecule is NCC(=O)N1CCC[C@@H](Nc2ccnc(-c3cnn4ccncc34)n2)C1. The van der Waals surface area contributed by atoms with Gasteiger partial charge in [0.15, 0.2) is 5.82 Å². The van der Waals surface area contributed by atoms with Gasteiger partial charge in [0, 0.05) is 37.7 Å². The third-order valence-electron chi connectivity index (χ3n) is 4.52. The third kappa shape index (κ3) is 3.21. The maximum Gasteiger partial charge on any atom is 0.236 e. The average molecular weight is 352 g/mol. The number of carbonyl (C=O) groups is 1. The maximum atomic E-state index is 11.8. The van der Waals surface area contributed by atoms with Crippen LogP contribution in [0.4, 0.5) is 5.82 Å². The number of likely N-dealkylation sites (tertiary alicyclic amines) is 1. The molecular formula is C17H20N8O. The largest absolute Gasteiger partial charge is 0.365 e. The number of nitrogens with two attached hydrogens (primary N) is 1. The Morgan fingerprint density at radius 2 is 2.27 bits per heavy atom. The van der Waals surface area contributed by atoms with Crippen molar-refractivity contribution in [3.63, 3.8) is 0 Å². The second-order valence-electron chi connectivity index (χ2n) is 6.26. The number of nitrogens with one attached hydrogen (secondary N) is 1. The Bertz CT molecular complexity index is 924. The molecule has 4 heterocycles. The number of carbonyl (C=O) groups excluding carboxylic acids is 1. The number of piperidine rings is 1. The predicted molar refractivity (Wildman–Crippen MR) is 96.3 cm³/mol. The normalized spacial score (nSPS) is 17.4. The second-order valence-corrected chi connectivity index (χ2v) is 6.26. The van der Waals surface area contributed by atoms with Gasteiger partial charge in [-0.2, -0.15) is 5.10 Å². The zero-order chi connectivity index (χ0) is 17.9. The van der Waals surface area contributed by atoms with Crippen molar-refractivity contribution >= 4 is 17.2 Å². The van der Waals surface area contributed by atoms with E-state index in [2.05, 4.69) is 25.4 Å². The molecule has 0 radical (unpaired) electrons. The Kier molecular flexibility index (Phi) is 4.44. The van der Waals surface area contributed by atoms with Crippen molar-refractivity contribution < 1.29 is 4.79 Å². The van der Waals surface area contributed by atoms with Crippen molar-refractivity contribution in [3.8, 4) is 11.4 Å². The van der Waals surface area contributed by atoms with Gasteiger partial charge in [0.2, 0.25) is 5.91 Å². The summed E-state index contributed by atoms with van der Waals surface area (Å²) < 4.78 is 1.74. The Labute approximate surface area is 150 Å². The van der Waals surface area contributed by atoms with E-state index in [1.165, 1.54) is 0 Å². The number of nitrogens with zero attached hydrogens (tertiary/aromatic N) is 6. The van der Waals surface area contributed by atoms with E-state index in [0.717, 1.165) is 36.3 Å². The fourth-order valence-electron chi connectivity index (χ4n) is 3.24. The first kappa shape index (κ1) is 16.4. The van der Waals surface area contributed by atoms with Crippen LogP contribution in [-0.4, -0.2) is 61.0 Å². The quantitative estimate of drug-likeness (QED) is 0.704. The summed E-state index contributed by atoms with van der Waals surface area (Å²) in [5.74, 6) is 1.30. The first-order valence-corrected chi connectivity index (χ1v) is 8.60. The van der Waals surface area contributed by atoms with Crippen LogP contribution in [0.3, 0.4) is 0 Å². The number of rotatable bonds is 4. The molecule has 3 N–H and O–H groups in total. The van der Waals surface area contributed by atoms with Gasteiger partial charge in [-0.1, -0.05) is 0 Å². The molecule has 26 heavy (non-hydrogen) atoms. The van der Waals surface area contributed by atoms with Crippen molar-refractivity contribution in [2.45, 2.75) is 18.9 Å². The smallest absolute Gasteiger partial charge is 0.236 e. The van der Waals surface area contributed by atoms with Crippen LogP contribution in [0.25, 0.3) is 16.9 Å². The number of hydrogen-bond acceptors (Lipinski definition) is 7. The summed E-state index contributed by atoms with van der Waals surface area (Å²) in [6.07, 6.45) is 10.6. The zero-order valence-electron chi connectivity index (χ0n) is 14.2. The highest BCUT2D eigenvalue weighted by Gasteiger charge is 2.23. The van der Waals surface area contributed by atoms with Gasteiger partial charge >= 0.3 is 0 Å². The summed E-state index contributed by atoms with van der Waals surface area (Å²) in [7, 11) is 0. The molecule has 0 aromatic carbocycles. The van der Waals surface area contributed by atoms with Crippen LogP contribution < -0.4 is 11.1 Å². The summed E-state index contributed by atoms with van der Waals surface area (Å²) >= 11 is 0. The first-order valence-electron chi connectivity index (χ1n) is 8.60. The lowest BCUT2D eigenvalue weighted by molar-refractivity contribution is -0.130. The molecule has 0 bridgehead atoms. The van der Waals surface area contributed by atoms with Gasteiger partial charge in [0.25, 0.3) is 0 Å². The minimum Gasteiger partial charge on any atom is -0.365 e. The van der Waals surface area contributed by atoms with Crippen LogP contribution in [0.5, 0.6) is 0 Å². The number of aromatic nitrogens is 5. The Morgan fingerprint density at radius 3 is 3.15 bits per heavy atom. The molecule has 0 saturated carbocycles. The number of fused-ring (bicyclic) bond motifs is 1. The van der Waals surface area contributed by atoms with Crippen LogP contribution >= 0.6 is 0 Å². The molecule has 3 aromatic heterocycles. The molecule has 0 unspecified atom stereocenters. The van der Waals surface area contributed by atoms with E-state index in [1.807, 2.05) is 6.07 Å². The molecule has 1 atom stereocenters. The van der Waals surface area contributed by atoms with E-state index in [0.29, 0.717) is 12.4 Å². The highest BCUT2D eigenvalue weighted by Crippen LogP contribution is 2.22. The van der Waals surface area contributed by atoms with Crippen molar-refractivity contribution in [2.75, 3.05) is 25.0 Å². The monoisotopic (exact) mass is 352 g/mol. The number of hydrogen-bond donors (Lipinski definition) is 2. The van der Waals surface area contributed by atoms with Crippen LogP contribution in [-0.2, 0) is 4.79 Å². The molecule has 0 spiro atoms. The fraction of sp³-hybridized carbons (Fsp3) is 0.353. The van der Waals surface area contributed by atoms with Crippen LogP contribution in [0.1, 0.15) is 12.8 Å². The first-order chi connectivity index (χ1) is 12.7. The zero-order valence-corrected chi connectivity index (χ0v) is 14.2. The standard InChI is InChI=1S/C17H20N8O/c18-8-16(26)24-6-1-2-12(11-24)22-15-3-4-20-17(23-15)13-9-21-25-7-5-19-10-14(13)25/h3-5,7,9-10,12H,1-2,6,8,11,18H2,(H,20,22,23)/t12-/m1/s1. The summed E-state index contributed by atoms with van der Waals surface area (Å²) in [5, 5.41) is 7.71. The molecule has 1 amide bonds. The van der Waals surface area contributed by atoms with E-state index in [4.69, 9.17) is 5.73 Å². The van der Waals surface area contributed by atoms with Crippen molar-refractivity contribution in [2.24, 2.45) is 5.73 Å². The van der Waals surface area contributed by atoms with E-state index < -0.39 is 0 Å². The third-order valence-corrected chi connectivity index (χ3v) is 4.52. The van der Waals surface area contributed by atoms with Crippen LogP contribution in [0.2, 0.25) is 0 Å². The molecule has 1 aliphatic heterocycles. The van der Waals surface area contributed by atoms with Gasteiger partial charge in [-0.25, -0.2) is 14.5 Å². The lowest BCUT2D eigenvalue weighted by Crippen LogP contribution is -2.47. The summed E-state index contributed by atoms with van der Waals surface area (Å²) in [4.78, 5) is 26.8. The number of anilines is 1. The average Bonchev–Trinajstić information content (AvgIpc) is 3.12. The van der Waals surface area contributed by atoms with Gasteiger partial charge < -0.3 is 16.0 Å². The van der Waals surface area contributed by atoms with Gasteiger partial charge in [0.05, 0.1) is 30.0 Å². The minimum atomic E-state index is -0.0151. The molecule has 0 aliphatic carbocycles. The minimum absolute atomic E-state index is 0.0151.